The van der Waals surface area contributed by atoms with Gasteiger partial charge >= 0.3 is 6.18 Å². The van der Waals surface area contributed by atoms with Gasteiger partial charge in [0.25, 0.3) is 0 Å². The Morgan fingerprint density at radius 2 is 1.31 bits per heavy atom. The zero-order valence-corrected chi connectivity index (χ0v) is 64.6. The van der Waals surface area contributed by atoms with Crippen LogP contribution in [0.5, 0.6) is 0 Å². The van der Waals surface area contributed by atoms with Gasteiger partial charge in [-0.2, -0.15) is 13.2 Å². The van der Waals surface area contributed by atoms with Gasteiger partial charge in [0.15, 0.2) is 0 Å². The SMILES string of the molecule is CCO[C@@H]1C[C@H]2C(=O)NC3(CCCC3)C(=O)N(C)[C@@H](C3CCCC3)C(=O)N(C)[C@@H](C(=O)N(C)C)CSCC(=O)N(C)[C@@H](CC(C)C)C(=O)N[C@@H]([C@@H](C)CC)C(=O)N(C)[C@@H](C)C(=O)N3CC[C@H]3C(=O)N(C)[C@@H](CC3CCCCC3)C(=O)N(C)CC(=O)N[C@@H](CCc3cc(F)c(C(F)(F)F)c(F)c3)C(=O)N2C1. The molecule has 11 atom stereocenters. The van der Waals surface area contributed by atoms with E-state index in [9.17, 15) is 46.7 Å². The number of halogens is 5. The zero-order valence-electron chi connectivity index (χ0n) is 63.8. The molecule has 105 heavy (non-hydrogen) atoms. The van der Waals surface area contributed by atoms with Gasteiger partial charge in [0.1, 0.15) is 77.1 Å². The highest BCUT2D eigenvalue weighted by molar-refractivity contribution is 8.00. The lowest BCUT2D eigenvalue weighted by Crippen LogP contribution is -2.65. The molecule has 0 unspecified atom stereocenters. The lowest BCUT2D eigenvalue weighted by atomic mass is 9.84. The second-order valence-electron chi connectivity index (χ2n) is 30.7. The van der Waals surface area contributed by atoms with Crippen molar-refractivity contribution in [2.75, 3.05) is 94.1 Å². The summed E-state index contributed by atoms with van der Waals surface area (Å²) in [6, 6.07) is -10.2. The number of aryl methyl sites for hydroxylation is 1. The standard InChI is InChI=1S/C74H113F5N12O13S/c1-15-44(5)61-70(101)85(10)45(6)65(96)90-33-30-53(90)69(100)87(12)56(37-46-24-18-17-19-25-46)68(99)84(9)40-58(92)80-52(29-28-47-35-50(75)60(51(76)36-47)74(77,78)79)66(97)91-39-49(104-16-2)38-55(91)64(95)82-73(31-22-23-32-73)72(103)89(14)62(48-26-20-21-27-48)71(102)88(13)57(67(98)83(7)8)41-105-42-59(93)86(11)54(34-43(3)4)63(94)81-61/h35-36,43-46,48-49,52-57,61-62H,15-34,37-42H2,1-14H3,(H,80,92)(H,81,94)(H,82,95)/t44-,45-,49+,52-,53-,54-,55-,56-,57+,61-,62-/m0/s1. The highest BCUT2D eigenvalue weighted by atomic mass is 32.2. The van der Waals surface area contributed by atoms with E-state index in [1.54, 1.807) is 13.8 Å². The van der Waals surface area contributed by atoms with Gasteiger partial charge in [0.2, 0.25) is 70.9 Å². The summed E-state index contributed by atoms with van der Waals surface area (Å²) in [5.41, 5.74) is -4.10. The molecule has 0 bridgehead atoms. The monoisotopic (exact) mass is 1500 g/mol. The van der Waals surface area contributed by atoms with Gasteiger partial charge in [-0.1, -0.05) is 91.9 Å². The average Bonchev–Trinajstić information content (AvgIpc) is 1.71. The van der Waals surface area contributed by atoms with E-state index in [2.05, 4.69) is 16.0 Å². The van der Waals surface area contributed by atoms with Crippen molar-refractivity contribution < 1.29 is 84.2 Å². The molecule has 3 aliphatic carbocycles. The quantitative estimate of drug-likeness (QED) is 0.202. The predicted octanol–water partition coefficient (Wildman–Crippen LogP) is 5.62. The lowest BCUT2D eigenvalue weighted by Gasteiger charge is -2.45. The van der Waals surface area contributed by atoms with Crippen LogP contribution in [0.25, 0.3) is 0 Å². The van der Waals surface area contributed by atoms with Crippen molar-refractivity contribution in [3.05, 3.63) is 34.9 Å². The predicted molar refractivity (Wildman–Crippen MR) is 383 cm³/mol. The summed E-state index contributed by atoms with van der Waals surface area (Å²) < 4.78 is 77.9. The Balaban J connectivity index is 1.29. The van der Waals surface area contributed by atoms with E-state index >= 15 is 32.8 Å². The third kappa shape index (κ3) is 20.4. The van der Waals surface area contributed by atoms with Crippen LogP contribution in [0.15, 0.2) is 12.1 Å². The third-order valence-corrected chi connectivity index (χ3v) is 23.7. The van der Waals surface area contributed by atoms with Gasteiger partial charge in [0, 0.05) is 88.3 Å². The molecule has 3 saturated heterocycles. The van der Waals surface area contributed by atoms with Gasteiger partial charge in [-0.15, -0.1) is 11.8 Å². The number of ether oxygens (including phenoxy) is 1. The molecule has 25 nitrogen and oxygen atoms in total. The number of nitrogens with zero attached hydrogens (tertiary/aromatic N) is 9. The molecule has 6 aliphatic rings. The lowest BCUT2D eigenvalue weighted by molar-refractivity contribution is -0.160. The fourth-order valence-electron chi connectivity index (χ4n) is 16.0. The van der Waals surface area contributed by atoms with Crippen LogP contribution < -0.4 is 16.0 Å². The molecule has 0 radical (unpaired) electrons. The summed E-state index contributed by atoms with van der Waals surface area (Å²) in [6.07, 6.45) is 1.46. The minimum absolute atomic E-state index is 0.0340. The number of likely N-dealkylation sites (N-methyl/N-ethyl adjacent to an activating group) is 7. The molecule has 1 aromatic carbocycles. The molecule has 1 aromatic rings. The van der Waals surface area contributed by atoms with Crippen molar-refractivity contribution in [2.24, 2.45) is 23.7 Å². The number of rotatable bonds is 13. The molecule has 3 N–H and O–H groups in total. The fraction of sp³-hybridized carbons (Fsp3) is 0.757. The van der Waals surface area contributed by atoms with Crippen molar-refractivity contribution >= 4 is 82.6 Å². The summed E-state index contributed by atoms with van der Waals surface area (Å²) in [4.78, 5) is 191. The van der Waals surface area contributed by atoms with Crippen LogP contribution in [-0.4, -0.2) is 275 Å². The first-order valence-electron chi connectivity index (χ1n) is 37.5. The van der Waals surface area contributed by atoms with Crippen LogP contribution in [-0.2, 0) is 74.9 Å². The number of nitrogens with one attached hydrogen (secondary N) is 3. The first kappa shape index (κ1) is 85.1. The normalized spacial score (nSPS) is 28.0. The number of fused-ring (bicyclic) bond motifs is 2. The van der Waals surface area contributed by atoms with Crippen LogP contribution in [0.2, 0.25) is 0 Å². The summed E-state index contributed by atoms with van der Waals surface area (Å²) in [6.45, 7) is 9.81. The molecule has 1 spiro atoms. The Kier molecular flexibility index (Phi) is 30.0. The second-order valence-corrected chi connectivity index (χ2v) is 31.7. The number of hydrogen-bond donors (Lipinski definition) is 3. The second kappa shape index (κ2) is 37.1. The van der Waals surface area contributed by atoms with E-state index in [1.807, 2.05) is 20.8 Å². The van der Waals surface area contributed by atoms with E-state index < -0.39 is 192 Å². The van der Waals surface area contributed by atoms with Crippen molar-refractivity contribution in [3.8, 4) is 0 Å². The molecular formula is C74H113F5N12O13S. The highest BCUT2D eigenvalue weighted by Crippen LogP contribution is 2.39. The maximum Gasteiger partial charge on any atom is 0.422 e. The van der Waals surface area contributed by atoms with E-state index in [0.29, 0.717) is 44.2 Å². The molecular weight excluding hydrogens is 1390 g/mol. The maximum absolute atomic E-state index is 15.6. The molecule has 6 fully saturated rings. The number of thioether (sulfide) groups is 1. The molecule has 3 heterocycles. The maximum atomic E-state index is 15.6. The molecule has 0 aromatic heterocycles. The van der Waals surface area contributed by atoms with E-state index in [0.717, 1.165) is 66.5 Å². The number of benzene rings is 1. The topological polar surface area (TPSA) is 279 Å². The van der Waals surface area contributed by atoms with E-state index in [-0.39, 0.29) is 87.1 Å². The Hall–Kier alpha value is -7.18. The average molecular weight is 1510 g/mol. The smallest absolute Gasteiger partial charge is 0.377 e. The largest absolute Gasteiger partial charge is 0.422 e. The van der Waals surface area contributed by atoms with Gasteiger partial charge in [0.05, 0.1) is 18.4 Å². The van der Waals surface area contributed by atoms with E-state index in [1.165, 1.54) is 97.6 Å². The van der Waals surface area contributed by atoms with Crippen LogP contribution >= 0.6 is 11.8 Å². The molecule has 3 saturated carbocycles. The molecule has 3 aliphatic heterocycles. The number of alkyl halides is 3. The first-order valence-corrected chi connectivity index (χ1v) is 38.6. The molecule has 12 amide bonds. The van der Waals surface area contributed by atoms with Crippen LogP contribution in [0, 0.1) is 35.3 Å². The van der Waals surface area contributed by atoms with Crippen LogP contribution in [0.1, 0.15) is 175 Å². The zero-order chi connectivity index (χ0) is 77.9. The van der Waals surface area contributed by atoms with Gasteiger partial charge < -0.3 is 64.8 Å². The van der Waals surface area contributed by atoms with Crippen molar-refractivity contribution in [2.45, 2.75) is 242 Å². The number of carbonyl (C=O) groups excluding carboxylic acids is 12. The molecule has 31 heteroatoms. The number of carbonyl (C=O) groups is 12. The highest BCUT2D eigenvalue weighted by Gasteiger charge is 2.53. The van der Waals surface area contributed by atoms with Gasteiger partial charge in [-0.05, 0) is 113 Å². The van der Waals surface area contributed by atoms with E-state index in [4.69, 9.17) is 4.74 Å². The summed E-state index contributed by atoms with van der Waals surface area (Å²) in [5.74, 6) is -13.1. The molecule has 7 rings (SSSR count). The Labute approximate surface area is 619 Å². The first-order chi connectivity index (χ1) is 49.4. The fourth-order valence-corrected chi connectivity index (χ4v) is 17.1. The van der Waals surface area contributed by atoms with Gasteiger partial charge in [-0.3, -0.25) is 57.5 Å². The van der Waals surface area contributed by atoms with Crippen molar-refractivity contribution in [3.63, 3.8) is 0 Å². The Morgan fingerprint density at radius 1 is 0.695 bits per heavy atom. The minimum atomic E-state index is -5.40. The Bertz CT molecular complexity index is 3290. The summed E-state index contributed by atoms with van der Waals surface area (Å²) in [5, 5.41) is 8.59. The third-order valence-electron chi connectivity index (χ3n) is 22.7. The van der Waals surface area contributed by atoms with Crippen molar-refractivity contribution in [1.29, 1.82) is 0 Å². The molecule has 588 valence electrons. The minimum Gasteiger partial charge on any atom is -0.377 e. The van der Waals surface area contributed by atoms with Crippen LogP contribution in [0.3, 0.4) is 0 Å². The van der Waals surface area contributed by atoms with Crippen LogP contribution in [0.4, 0.5) is 22.0 Å². The van der Waals surface area contributed by atoms with Gasteiger partial charge in [-0.25, -0.2) is 8.78 Å². The van der Waals surface area contributed by atoms with Crippen molar-refractivity contribution in [1.82, 2.24) is 60.0 Å². The summed E-state index contributed by atoms with van der Waals surface area (Å²) in [7, 11) is 11.7. The Morgan fingerprint density at radius 3 is 1.88 bits per heavy atom. The number of hydrogen-bond acceptors (Lipinski definition) is 14. The summed E-state index contributed by atoms with van der Waals surface area (Å²) >= 11 is 1.06. The number of amides is 12.